The first-order chi connectivity index (χ1) is 9.87. The fraction of sp³-hybridized carbons (Fsp3) is 0.875. The lowest BCUT2D eigenvalue weighted by molar-refractivity contribution is -0.146. The van der Waals surface area contributed by atoms with Gasteiger partial charge in [-0.15, -0.1) is 0 Å². The number of aliphatic carboxylic acids is 1. The largest absolute Gasteiger partial charge is 0.481 e. The van der Waals surface area contributed by atoms with Crippen LogP contribution in [0.1, 0.15) is 70.6 Å². The first-order valence-corrected chi connectivity index (χ1v) is 8.14. The van der Waals surface area contributed by atoms with Gasteiger partial charge in [-0.3, -0.25) is 9.59 Å². The number of nitrogens with zero attached hydrogens (tertiary/aromatic N) is 1. The van der Waals surface area contributed by atoms with E-state index in [1.165, 1.54) is 0 Å². The Balaban J connectivity index is 2.07. The third kappa shape index (κ3) is 3.76. The second kappa shape index (κ2) is 6.34. The smallest absolute Gasteiger partial charge is 0.305 e. The monoisotopic (exact) mass is 296 g/mol. The van der Waals surface area contributed by atoms with Crippen LogP contribution in [0.3, 0.4) is 0 Å². The molecule has 1 amide bonds. The summed E-state index contributed by atoms with van der Waals surface area (Å²) in [6, 6.07) is 0. The fourth-order valence-electron chi connectivity index (χ4n) is 4.06. The summed E-state index contributed by atoms with van der Waals surface area (Å²) in [4.78, 5) is 25.6. The Kier molecular flexibility index (Phi) is 4.91. The zero-order valence-electron chi connectivity index (χ0n) is 13.1. The highest BCUT2D eigenvalue weighted by atomic mass is 16.4. The van der Waals surface area contributed by atoms with Crippen molar-refractivity contribution in [3.05, 3.63) is 0 Å². The van der Waals surface area contributed by atoms with Gasteiger partial charge in [0, 0.05) is 19.0 Å². The highest BCUT2D eigenvalue weighted by Crippen LogP contribution is 2.38. The van der Waals surface area contributed by atoms with Crippen LogP contribution in [0.5, 0.6) is 0 Å². The second-order valence-corrected chi connectivity index (χ2v) is 7.05. The van der Waals surface area contributed by atoms with Gasteiger partial charge in [-0.2, -0.15) is 0 Å². The van der Waals surface area contributed by atoms with E-state index in [1.54, 1.807) is 11.9 Å². The van der Waals surface area contributed by atoms with E-state index >= 15 is 0 Å². The molecule has 21 heavy (non-hydrogen) atoms. The molecule has 5 heteroatoms. The molecule has 0 bridgehead atoms. The van der Waals surface area contributed by atoms with Crippen LogP contribution in [0.4, 0.5) is 0 Å². The number of hydrogen-bond donors (Lipinski definition) is 2. The molecule has 2 aliphatic rings. The molecule has 0 aromatic heterocycles. The molecule has 2 aliphatic carbocycles. The molecule has 2 fully saturated rings. The Hall–Kier alpha value is -1.10. The van der Waals surface area contributed by atoms with Gasteiger partial charge in [-0.1, -0.05) is 32.1 Å². The molecule has 2 saturated carbocycles. The van der Waals surface area contributed by atoms with E-state index in [-0.39, 0.29) is 17.9 Å². The summed E-state index contributed by atoms with van der Waals surface area (Å²) in [5, 5.41) is 9.23. The molecule has 3 N–H and O–H groups in total. The molecule has 2 rings (SSSR count). The lowest BCUT2D eigenvalue weighted by Crippen LogP contribution is -2.54. The molecule has 0 aromatic carbocycles. The number of rotatable bonds is 5. The summed E-state index contributed by atoms with van der Waals surface area (Å²) in [6.07, 6.45) is 9.09. The van der Waals surface area contributed by atoms with Crippen LogP contribution in [-0.4, -0.2) is 40.0 Å². The van der Waals surface area contributed by atoms with Crippen molar-refractivity contribution in [2.45, 2.75) is 81.7 Å². The van der Waals surface area contributed by atoms with Crippen LogP contribution < -0.4 is 5.73 Å². The van der Waals surface area contributed by atoms with Gasteiger partial charge in [-0.05, 0) is 25.7 Å². The molecular formula is C16H28N2O3. The first-order valence-electron chi connectivity index (χ1n) is 8.14. The van der Waals surface area contributed by atoms with Crippen LogP contribution in [0, 0.1) is 0 Å². The van der Waals surface area contributed by atoms with Gasteiger partial charge in [0.15, 0.2) is 0 Å². The Morgan fingerprint density at radius 2 is 1.52 bits per heavy atom. The predicted octanol–water partition coefficient (Wildman–Crippen LogP) is 2.28. The van der Waals surface area contributed by atoms with Gasteiger partial charge in [0.25, 0.3) is 0 Å². The maximum absolute atomic E-state index is 12.6. The van der Waals surface area contributed by atoms with Crippen molar-refractivity contribution in [2.75, 3.05) is 7.05 Å². The molecule has 0 aromatic rings. The van der Waals surface area contributed by atoms with E-state index in [9.17, 15) is 14.7 Å². The number of nitrogens with two attached hydrogens (primary N) is 1. The van der Waals surface area contributed by atoms with Crippen molar-refractivity contribution in [2.24, 2.45) is 5.73 Å². The Bertz CT molecular complexity index is 396. The number of carbonyl (C=O) groups excluding carboxylic acids is 1. The zero-order chi connectivity index (χ0) is 15.5. The zero-order valence-corrected chi connectivity index (χ0v) is 13.1. The van der Waals surface area contributed by atoms with Crippen LogP contribution in [0.15, 0.2) is 0 Å². The number of amides is 1. The molecule has 0 spiro atoms. The predicted molar refractivity (Wildman–Crippen MR) is 80.8 cm³/mol. The molecular weight excluding hydrogens is 268 g/mol. The minimum Gasteiger partial charge on any atom is -0.481 e. The van der Waals surface area contributed by atoms with Crippen molar-refractivity contribution < 1.29 is 14.7 Å². The molecule has 5 nitrogen and oxygen atoms in total. The minimum atomic E-state index is -0.820. The van der Waals surface area contributed by atoms with Crippen LogP contribution >= 0.6 is 0 Å². The minimum absolute atomic E-state index is 0.0163. The summed E-state index contributed by atoms with van der Waals surface area (Å²) < 4.78 is 0. The van der Waals surface area contributed by atoms with Crippen LogP contribution in [0.2, 0.25) is 0 Å². The fourth-order valence-corrected chi connectivity index (χ4v) is 4.06. The molecule has 0 atom stereocenters. The topological polar surface area (TPSA) is 83.6 Å². The summed E-state index contributed by atoms with van der Waals surface area (Å²) in [5.41, 5.74) is 5.43. The van der Waals surface area contributed by atoms with E-state index in [2.05, 4.69) is 0 Å². The van der Waals surface area contributed by atoms with Crippen molar-refractivity contribution >= 4 is 11.9 Å². The average molecular weight is 296 g/mol. The standard InChI is InChI=1S/C16H28N2O3/c1-18(13(19)11-15(17)7-5-6-8-15)16(12-14(20)21)9-3-2-4-10-16/h2-12,17H2,1H3,(H,20,21). The van der Waals surface area contributed by atoms with E-state index in [0.29, 0.717) is 6.42 Å². The molecule has 120 valence electrons. The molecule has 0 radical (unpaired) electrons. The van der Waals surface area contributed by atoms with E-state index in [0.717, 1.165) is 57.8 Å². The molecule has 0 saturated heterocycles. The second-order valence-electron chi connectivity index (χ2n) is 7.05. The number of carbonyl (C=O) groups is 2. The quantitative estimate of drug-likeness (QED) is 0.815. The number of carboxylic acid groups (broad SMARTS) is 1. The van der Waals surface area contributed by atoms with Crippen LogP contribution in [-0.2, 0) is 9.59 Å². The molecule has 0 heterocycles. The lowest BCUT2D eigenvalue weighted by Gasteiger charge is -2.44. The van der Waals surface area contributed by atoms with Gasteiger partial charge in [0.05, 0.1) is 12.0 Å². The van der Waals surface area contributed by atoms with E-state index in [4.69, 9.17) is 5.73 Å². The third-order valence-electron chi connectivity index (χ3n) is 5.45. The van der Waals surface area contributed by atoms with Gasteiger partial charge in [-0.25, -0.2) is 0 Å². The summed E-state index contributed by atoms with van der Waals surface area (Å²) in [7, 11) is 1.77. The summed E-state index contributed by atoms with van der Waals surface area (Å²) >= 11 is 0. The Labute approximate surface area is 126 Å². The SMILES string of the molecule is CN(C(=O)CC1(N)CCCC1)C1(CC(=O)O)CCCCC1. The third-order valence-corrected chi connectivity index (χ3v) is 5.45. The van der Waals surface area contributed by atoms with Crippen molar-refractivity contribution in [3.63, 3.8) is 0 Å². The van der Waals surface area contributed by atoms with Crippen molar-refractivity contribution in [3.8, 4) is 0 Å². The summed E-state index contributed by atoms with van der Waals surface area (Å²) in [5.74, 6) is -0.803. The first kappa shape index (κ1) is 16.3. The molecule has 0 aliphatic heterocycles. The van der Waals surface area contributed by atoms with Crippen LogP contribution in [0.25, 0.3) is 0 Å². The highest BCUT2D eigenvalue weighted by molar-refractivity contribution is 5.79. The number of carboxylic acids is 1. The summed E-state index contributed by atoms with van der Waals surface area (Å²) in [6.45, 7) is 0. The normalized spacial score (nSPS) is 23.7. The lowest BCUT2D eigenvalue weighted by atomic mass is 9.77. The number of hydrogen-bond acceptors (Lipinski definition) is 3. The van der Waals surface area contributed by atoms with Gasteiger partial charge < -0.3 is 15.7 Å². The maximum Gasteiger partial charge on any atom is 0.305 e. The van der Waals surface area contributed by atoms with Crippen molar-refractivity contribution in [1.82, 2.24) is 4.90 Å². The van der Waals surface area contributed by atoms with Crippen molar-refractivity contribution in [1.29, 1.82) is 0 Å². The Morgan fingerprint density at radius 3 is 2.05 bits per heavy atom. The van der Waals surface area contributed by atoms with Gasteiger partial charge in [0.1, 0.15) is 0 Å². The average Bonchev–Trinajstić information content (AvgIpc) is 2.84. The maximum atomic E-state index is 12.6. The van der Waals surface area contributed by atoms with Gasteiger partial charge in [0.2, 0.25) is 5.91 Å². The van der Waals surface area contributed by atoms with Gasteiger partial charge >= 0.3 is 5.97 Å². The van der Waals surface area contributed by atoms with E-state index in [1.807, 2.05) is 0 Å². The molecule has 0 unspecified atom stereocenters. The van der Waals surface area contributed by atoms with E-state index < -0.39 is 11.5 Å². The highest BCUT2D eigenvalue weighted by Gasteiger charge is 2.42. The Morgan fingerprint density at radius 1 is 1.00 bits per heavy atom.